The molecule has 29 heavy (non-hydrogen) atoms. The highest BCUT2D eigenvalue weighted by Crippen LogP contribution is 2.20. The van der Waals surface area contributed by atoms with E-state index in [1.165, 1.54) is 29.4 Å². The lowest BCUT2D eigenvalue weighted by atomic mass is 10.2. The van der Waals surface area contributed by atoms with Crippen molar-refractivity contribution in [2.24, 2.45) is 0 Å². The van der Waals surface area contributed by atoms with Gasteiger partial charge >= 0.3 is 0 Å². The van der Waals surface area contributed by atoms with Gasteiger partial charge < -0.3 is 10.2 Å². The van der Waals surface area contributed by atoms with Crippen LogP contribution in [0, 0.1) is 6.92 Å². The van der Waals surface area contributed by atoms with E-state index in [2.05, 4.69) is 15.0 Å². The number of amides is 2. The molecule has 0 spiro atoms. The number of halogens is 1. The molecule has 2 aromatic rings. The van der Waals surface area contributed by atoms with Crippen molar-refractivity contribution in [2.45, 2.75) is 25.2 Å². The summed E-state index contributed by atoms with van der Waals surface area (Å²) < 4.78 is 26.6. The van der Waals surface area contributed by atoms with E-state index in [1.54, 1.807) is 25.1 Å². The van der Waals surface area contributed by atoms with Crippen molar-refractivity contribution in [3.05, 3.63) is 53.3 Å². The van der Waals surface area contributed by atoms with E-state index in [0.29, 0.717) is 17.3 Å². The lowest BCUT2D eigenvalue weighted by Crippen LogP contribution is -2.39. The van der Waals surface area contributed by atoms with E-state index in [0.717, 1.165) is 5.56 Å². The van der Waals surface area contributed by atoms with E-state index in [9.17, 15) is 18.0 Å². The Hall–Kier alpha value is -2.49. The maximum absolute atomic E-state index is 12.4. The van der Waals surface area contributed by atoms with Crippen LogP contribution in [-0.2, 0) is 19.6 Å². The molecule has 2 N–H and O–H groups in total. The van der Waals surface area contributed by atoms with E-state index >= 15 is 0 Å². The van der Waals surface area contributed by atoms with Crippen LogP contribution in [0.4, 0.5) is 5.69 Å². The zero-order valence-corrected chi connectivity index (χ0v) is 17.8. The fraction of sp³-hybridized carbons (Fsp3) is 0.316. The molecule has 156 valence electrons. The average Bonchev–Trinajstić information content (AvgIpc) is 2.69. The van der Waals surface area contributed by atoms with Gasteiger partial charge in [0, 0.05) is 42.6 Å². The van der Waals surface area contributed by atoms with Gasteiger partial charge in [-0.3, -0.25) is 14.6 Å². The van der Waals surface area contributed by atoms with Crippen LogP contribution in [0.15, 0.2) is 47.6 Å². The summed E-state index contributed by atoms with van der Waals surface area (Å²) in [5.74, 6) is -0.694. The molecule has 0 radical (unpaired) electrons. The third kappa shape index (κ3) is 6.81. The number of aromatic nitrogens is 1. The number of aryl methyl sites for hydroxylation is 1. The van der Waals surface area contributed by atoms with E-state index in [4.69, 9.17) is 11.6 Å². The summed E-state index contributed by atoms with van der Waals surface area (Å²) in [5.41, 5.74) is 1.43. The highest BCUT2D eigenvalue weighted by atomic mass is 35.5. The van der Waals surface area contributed by atoms with E-state index < -0.39 is 10.0 Å². The first-order valence-corrected chi connectivity index (χ1v) is 10.8. The Morgan fingerprint density at radius 3 is 2.66 bits per heavy atom. The summed E-state index contributed by atoms with van der Waals surface area (Å²) in [7, 11) is -3.74. The molecule has 0 saturated heterocycles. The first-order chi connectivity index (χ1) is 13.7. The zero-order valence-electron chi connectivity index (χ0n) is 16.2. The van der Waals surface area contributed by atoms with Crippen LogP contribution in [0.3, 0.4) is 0 Å². The monoisotopic (exact) mass is 438 g/mol. The van der Waals surface area contributed by atoms with Gasteiger partial charge in [0.25, 0.3) is 0 Å². The molecule has 1 heterocycles. The number of carbonyl (C=O) groups excluding carboxylic acids is 2. The Kier molecular flexibility index (Phi) is 8.12. The Balaban J connectivity index is 1.88. The van der Waals surface area contributed by atoms with Crippen LogP contribution in [0.1, 0.15) is 18.9 Å². The smallest absolute Gasteiger partial charge is 0.244 e. The number of hydrogen-bond donors (Lipinski definition) is 2. The SMILES string of the molecule is CCN(CC(=O)Nc1cc(Cl)ccc1C)C(=O)CCNS(=O)(=O)c1cccnc1. The molecule has 2 amide bonds. The first kappa shape index (κ1) is 22.8. The maximum atomic E-state index is 12.4. The zero-order chi connectivity index (χ0) is 21.4. The van der Waals surface area contributed by atoms with Crippen molar-refractivity contribution in [2.75, 3.05) is 25.0 Å². The van der Waals surface area contributed by atoms with E-state index in [1.807, 2.05) is 6.92 Å². The Bertz CT molecular complexity index is 967. The lowest BCUT2D eigenvalue weighted by molar-refractivity contribution is -0.134. The number of hydrogen-bond acceptors (Lipinski definition) is 5. The van der Waals surface area contributed by atoms with Gasteiger partial charge in [-0.2, -0.15) is 0 Å². The van der Waals surface area contributed by atoms with Crippen molar-refractivity contribution in [3.8, 4) is 0 Å². The first-order valence-electron chi connectivity index (χ1n) is 8.96. The molecule has 0 aliphatic heterocycles. The maximum Gasteiger partial charge on any atom is 0.244 e. The highest BCUT2D eigenvalue weighted by molar-refractivity contribution is 7.89. The number of sulfonamides is 1. The predicted molar refractivity (Wildman–Crippen MR) is 111 cm³/mol. The van der Waals surface area contributed by atoms with Crippen LogP contribution in [0.25, 0.3) is 0 Å². The van der Waals surface area contributed by atoms with Crippen LogP contribution in [0.5, 0.6) is 0 Å². The van der Waals surface area contributed by atoms with Crippen LogP contribution >= 0.6 is 11.6 Å². The third-order valence-electron chi connectivity index (χ3n) is 4.12. The number of nitrogens with one attached hydrogen (secondary N) is 2. The van der Waals surface area contributed by atoms with Gasteiger partial charge in [-0.15, -0.1) is 0 Å². The topological polar surface area (TPSA) is 108 Å². The molecule has 2 rings (SSSR count). The molecular weight excluding hydrogens is 416 g/mol. The highest BCUT2D eigenvalue weighted by Gasteiger charge is 2.18. The van der Waals surface area contributed by atoms with E-state index in [-0.39, 0.29) is 36.2 Å². The second kappa shape index (κ2) is 10.3. The molecule has 1 aromatic carbocycles. The normalized spacial score (nSPS) is 11.1. The summed E-state index contributed by atoms with van der Waals surface area (Å²) in [6.45, 7) is 3.67. The molecule has 0 aliphatic carbocycles. The fourth-order valence-electron chi connectivity index (χ4n) is 2.51. The Morgan fingerprint density at radius 1 is 1.24 bits per heavy atom. The number of pyridine rings is 1. The average molecular weight is 439 g/mol. The second-order valence-corrected chi connectivity index (χ2v) is 8.46. The summed E-state index contributed by atoms with van der Waals surface area (Å²) >= 11 is 5.95. The molecule has 0 fully saturated rings. The van der Waals surface area contributed by atoms with Crippen LogP contribution < -0.4 is 10.0 Å². The van der Waals surface area contributed by atoms with Crippen molar-refractivity contribution in [1.82, 2.24) is 14.6 Å². The Labute approximate surface area is 175 Å². The number of nitrogens with zero attached hydrogens (tertiary/aromatic N) is 2. The number of rotatable bonds is 9. The third-order valence-corrected chi connectivity index (χ3v) is 5.80. The van der Waals surface area contributed by atoms with Crippen LogP contribution in [-0.4, -0.2) is 49.8 Å². The summed E-state index contributed by atoms with van der Waals surface area (Å²) in [6, 6.07) is 8.08. The largest absolute Gasteiger partial charge is 0.334 e. The minimum Gasteiger partial charge on any atom is -0.334 e. The van der Waals surface area contributed by atoms with Crippen LogP contribution in [0.2, 0.25) is 5.02 Å². The standard InChI is InChI=1S/C19H23ClN4O4S/c1-3-24(13-18(25)23-17-11-15(20)7-6-14(17)2)19(26)8-10-22-29(27,28)16-5-4-9-21-12-16/h4-7,9,11-12,22H,3,8,10,13H2,1-2H3,(H,23,25). The molecule has 0 atom stereocenters. The summed E-state index contributed by atoms with van der Waals surface area (Å²) in [4.78, 5) is 29.8. The van der Waals surface area contributed by atoms with Gasteiger partial charge in [-0.1, -0.05) is 17.7 Å². The minimum atomic E-state index is -3.74. The second-order valence-electron chi connectivity index (χ2n) is 6.25. The molecule has 1 aromatic heterocycles. The summed E-state index contributed by atoms with van der Waals surface area (Å²) in [6.07, 6.45) is 2.62. The Morgan fingerprint density at radius 2 is 2.00 bits per heavy atom. The van der Waals surface area contributed by atoms with Gasteiger partial charge in [-0.05, 0) is 43.7 Å². The molecule has 10 heteroatoms. The molecule has 8 nitrogen and oxygen atoms in total. The van der Waals surface area contributed by atoms with Crippen molar-refractivity contribution < 1.29 is 18.0 Å². The predicted octanol–water partition coefficient (Wildman–Crippen LogP) is 2.20. The van der Waals surface area contributed by atoms with Gasteiger partial charge in [0.2, 0.25) is 21.8 Å². The van der Waals surface area contributed by atoms with Gasteiger partial charge in [0.1, 0.15) is 4.90 Å². The fourth-order valence-corrected chi connectivity index (χ4v) is 3.68. The van der Waals surface area contributed by atoms with Gasteiger partial charge in [0.05, 0.1) is 6.54 Å². The molecule has 0 bridgehead atoms. The number of carbonyl (C=O) groups is 2. The number of anilines is 1. The van der Waals surface area contributed by atoms with Crippen molar-refractivity contribution in [1.29, 1.82) is 0 Å². The van der Waals surface area contributed by atoms with Crippen molar-refractivity contribution >= 4 is 39.1 Å². The van der Waals surface area contributed by atoms with Crippen molar-refractivity contribution in [3.63, 3.8) is 0 Å². The number of likely N-dealkylation sites (N-methyl/N-ethyl adjacent to an activating group) is 1. The minimum absolute atomic E-state index is 0.0241. The molecule has 0 aliphatic rings. The quantitative estimate of drug-likeness (QED) is 0.623. The molecule has 0 saturated carbocycles. The lowest BCUT2D eigenvalue weighted by Gasteiger charge is -2.21. The van der Waals surface area contributed by atoms with Gasteiger partial charge in [-0.25, -0.2) is 13.1 Å². The summed E-state index contributed by atoms with van der Waals surface area (Å²) in [5, 5.41) is 3.23. The number of benzene rings is 1. The van der Waals surface area contributed by atoms with Gasteiger partial charge in [0.15, 0.2) is 0 Å². The molecule has 0 unspecified atom stereocenters. The molecular formula is C19H23ClN4O4S.